The van der Waals surface area contributed by atoms with E-state index in [1.165, 1.54) is 0 Å². The first-order valence-corrected chi connectivity index (χ1v) is 5.56. The zero-order valence-electron chi connectivity index (χ0n) is 6.72. The van der Waals surface area contributed by atoms with E-state index in [0.29, 0.717) is 5.33 Å². The Bertz CT molecular complexity index is 273. The van der Waals surface area contributed by atoms with Crippen LogP contribution in [0.3, 0.4) is 0 Å². The molecular weight excluding hydrogens is 284 g/mol. The normalized spacial score (nSPS) is 13.0. The maximum Gasteiger partial charge on any atom is 0.0889 e. The van der Waals surface area contributed by atoms with Gasteiger partial charge >= 0.3 is 0 Å². The molecule has 1 nitrogen and oxygen atoms in total. The summed E-state index contributed by atoms with van der Waals surface area (Å²) in [6, 6.07) is 5.88. The summed E-state index contributed by atoms with van der Waals surface area (Å²) >= 11 is 6.62. The van der Waals surface area contributed by atoms with Crippen molar-refractivity contribution in [1.82, 2.24) is 0 Å². The van der Waals surface area contributed by atoms with Crippen molar-refractivity contribution < 1.29 is 5.11 Å². The number of aliphatic hydroxyl groups excluding tert-OH is 1. The molecule has 1 rings (SSSR count). The molecule has 1 aromatic carbocycles. The van der Waals surface area contributed by atoms with Gasteiger partial charge in [0.15, 0.2) is 0 Å². The summed E-state index contributed by atoms with van der Waals surface area (Å²) in [5.74, 6) is 0. The van der Waals surface area contributed by atoms with Crippen molar-refractivity contribution >= 4 is 31.9 Å². The lowest BCUT2D eigenvalue weighted by Crippen LogP contribution is -2.00. The molecule has 3 heteroatoms. The number of rotatable bonds is 2. The van der Waals surface area contributed by atoms with Crippen LogP contribution in [0.5, 0.6) is 0 Å². The summed E-state index contributed by atoms with van der Waals surface area (Å²) in [5.41, 5.74) is 2.09. The Morgan fingerprint density at radius 3 is 2.67 bits per heavy atom. The molecule has 0 amide bonds. The Morgan fingerprint density at radius 1 is 1.50 bits per heavy atom. The zero-order valence-corrected chi connectivity index (χ0v) is 9.89. The average Bonchev–Trinajstić information content (AvgIpc) is 2.03. The van der Waals surface area contributed by atoms with Crippen LogP contribution in [-0.2, 0) is 0 Å². The minimum atomic E-state index is -0.405. The van der Waals surface area contributed by atoms with Crippen LogP contribution in [0, 0.1) is 6.92 Å². The highest BCUT2D eigenvalue weighted by molar-refractivity contribution is 9.10. The van der Waals surface area contributed by atoms with Gasteiger partial charge in [0.1, 0.15) is 0 Å². The number of hydrogen-bond acceptors (Lipinski definition) is 1. The summed E-state index contributed by atoms with van der Waals surface area (Å²) in [6.07, 6.45) is -0.405. The predicted octanol–water partition coefficient (Wildman–Crippen LogP) is 3.19. The fourth-order valence-corrected chi connectivity index (χ4v) is 1.92. The van der Waals surface area contributed by atoms with Gasteiger partial charge in [0.2, 0.25) is 0 Å². The summed E-state index contributed by atoms with van der Waals surface area (Å²) < 4.78 is 1.05. The van der Waals surface area contributed by atoms with Gasteiger partial charge < -0.3 is 5.11 Å². The topological polar surface area (TPSA) is 20.2 Å². The maximum absolute atomic E-state index is 9.54. The van der Waals surface area contributed by atoms with Gasteiger partial charge in [-0.1, -0.05) is 37.9 Å². The van der Waals surface area contributed by atoms with Gasteiger partial charge in [0, 0.05) is 9.80 Å². The van der Waals surface area contributed by atoms with Crippen LogP contribution < -0.4 is 0 Å². The molecule has 0 aliphatic rings. The third-order valence-corrected chi connectivity index (χ3v) is 2.84. The van der Waals surface area contributed by atoms with Crippen LogP contribution in [-0.4, -0.2) is 10.4 Å². The molecular formula is C9H10Br2O. The standard InChI is InChI=1S/C9H10Br2O/c1-6-4-7(11)2-3-8(6)9(12)5-10/h2-4,9,12H,5H2,1H3. The highest BCUT2D eigenvalue weighted by atomic mass is 79.9. The number of benzene rings is 1. The van der Waals surface area contributed by atoms with Crippen LogP contribution >= 0.6 is 31.9 Å². The van der Waals surface area contributed by atoms with Crippen molar-refractivity contribution in [2.45, 2.75) is 13.0 Å². The molecule has 1 aromatic rings. The number of aryl methyl sites for hydroxylation is 1. The first-order valence-electron chi connectivity index (χ1n) is 3.65. The van der Waals surface area contributed by atoms with Crippen molar-refractivity contribution in [3.63, 3.8) is 0 Å². The Morgan fingerprint density at radius 2 is 2.17 bits per heavy atom. The number of aliphatic hydroxyl groups is 1. The lowest BCUT2D eigenvalue weighted by atomic mass is 10.1. The Hall–Kier alpha value is 0.140. The van der Waals surface area contributed by atoms with Crippen LogP contribution in [0.1, 0.15) is 17.2 Å². The molecule has 0 fully saturated rings. The van der Waals surface area contributed by atoms with E-state index < -0.39 is 6.10 Å². The summed E-state index contributed by atoms with van der Waals surface area (Å²) in [4.78, 5) is 0. The molecule has 1 atom stereocenters. The molecule has 0 radical (unpaired) electrons. The van der Waals surface area contributed by atoms with E-state index in [2.05, 4.69) is 31.9 Å². The number of alkyl halides is 1. The molecule has 12 heavy (non-hydrogen) atoms. The monoisotopic (exact) mass is 292 g/mol. The highest BCUT2D eigenvalue weighted by Crippen LogP contribution is 2.22. The molecule has 0 heterocycles. The van der Waals surface area contributed by atoms with Gasteiger partial charge in [-0.25, -0.2) is 0 Å². The molecule has 0 aromatic heterocycles. The highest BCUT2D eigenvalue weighted by Gasteiger charge is 2.07. The molecule has 1 N–H and O–H groups in total. The predicted molar refractivity (Wildman–Crippen MR) is 57.6 cm³/mol. The van der Waals surface area contributed by atoms with Crippen molar-refractivity contribution in [2.24, 2.45) is 0 Å². The minimum absolute atomic E-state index is 0.405. The van der Waals surface area contributed by atoms with Crippen LogP contribution in [0.4, 0.5) is 0 Å². The molecule has 0 aliphatic carbocycles. The largest absolute Gasteiger partial charge is 0.388 e. The number of hydrogen-bond donors (Lipinski definition) is 1. The molecule has 0 saturated carbocycles. The first-order chi connectivity index (χ1) is 5.65. The van der Waals surface area contributed by atoms with Crippen LogP contribution in [0.15, 0.2) is 22.7 Å². The lowest BCUT2D eigenvalue weighted by molar-refractivity contribution is 0.204. The van der Waals surface area contributed by atoms with Crippen molar-refractivity contribution in [3.05, 3.63) is 33.8 Å². The fourth-order valence-electron chi connectivity index (χ4n) is 1.10. The van der Waals surface area contributed by atoms with E-state index in [-0.39, 0.29) is 0 Å². The van der Waals surface area contributed by atoms with E-state index in [1.807, 2.05) is 25.1 Å². The number of halogens is 2. The minimum Gasteiger partial charge on any atom is -0.388 e. The Kier molecular flexibility index (Phi) is 3.75. The van der Waals surface area contributed by atoms with Gasteiger partial charge in [0.25, 0.3) is 0 Å². The lowest BCUT2D eigenvalue weighted by Gasteiger charge is -2.10. The van der Waals surface area contributed by atoms with Gasteiger partial charge in [-0.05, 0) is 30.2 Å². The molecule has 66 valence electrons. The van der Waals surface area contributed by atoms with Crippen LogP contribution in [0.25, 0.3) is 0 Å². The molecule has 1 unspecified atom stereocenters. The van der Waals surface area contributed by atoms with Crippen molar-refractivity contribution in [2.75, 3.05) is 5.33 Å². The van der Waals surface area contributed by atoms with Crippen molar-refractivity contribution in [3.8, 4) is 0 Å². The fraction of sp³-hybridized carbons (Fsp3) is 0.333. The van der Waals surface area contributed by atoms with E-state index in [9.17, 15) is 5.11 Å². The van der Waals surface area contributed by atoms with Gasteiger partial charge in [-0.2, -0.15) is 0 Å². The second-order valence-electron chi connectivity index (χ2n) is 2.67. The molecule has 0 spiro atoms. The SMILES string of the molecule is Cc1cc(Br)ccc1C(O)CBr. The maximum atomic E-state index is 9.54. The third kappa shape index (κ3) is 2.31. The van der Waals surface area contributed by atoms with Crippen LogP contribution in [0.2, 0.25) is 0 Å². The van der Waals surface area contributed by atoms with E-state index in [4.69, 9.17) is 0 Å². The van der Waals surface area contributed by atoms with Gasteiger partial charge in [0.05, 0.1) is 6.10 Å². The Labute approximate surface area is 89.1 Å². The van der Waals surface area contributed by atoms with Gasteiger partial charge in [-0.3, -0.25) is 0 Å². The molecule has 0 bridgehead atoms. The summed E-state index contributed by atoms with van der Waals surface area (Å²) in [5, 5.41) is 10.1. The third-order valence-electron chi connectivity index (χ3n) is 1.74. The summed E-state index contributed by atoms with van der Waals surface area (Å²) in [7, 11) is 0. The molecule has 0 saturated heterocycles. The van der Waals surface area contributed by atoms with E-state index in [0.717, 1.165) is 15.6 Å². The van der Waals surface area contributed by atoms with E-state index in [1.54, 1.807) is 0 Å². The second-order valence-corrected chi connectivity index (χ2v) is 4.23. The zero-order chi connectivity index (χ0) is 9.14. The second kappa shape index (κ2) is 4.40. The van der Waals surface area contributed by atoms with Crippen molar-refractivity contribution in [1.29, 1.82) is 0 Å². The van der Waals surface area contributed by atoms with E-state index >= 15 is 0 Å². The Balaban J connectivity index is 3.01. The first kappa shape index (κ1) is 10.2. The smallest absolute Gasteiger partial charge is 0.0889 e. The summed E-state index contributed by atoms with van der Waals surface area (Å²) in [6.45, 7) is 1.99. The molecule has 0 aliphatic heterocycles. The van der Waals surface area contributed by atoms with Gasteiger partial charge in [-0.15, -0.1) is 0 Å². The average molecular weight is 294 g/mol. The quantitative estimate of drug-likeness (QED) is 0.831.